The molecule has 1 amide bonds. The van der Waals surface area contributed by atoms with Crippen LogP contribution in [0.5, 0.6) is 0 Å². The molecule has 2 rings (SSSR count). The minimum Gasteiger partial charge on any atom is -0.322 e. The van der Waals surface area contributed by atoms with E-state index >= 15 is 0 Å². The molecule has 3 nitrogen and oxygen atoms in total. The van der Waals surface area contributed by atoms with E-state index in [2.05, 4.69) is 32.9 Å². The third-order valence-corrected chi connectivity index (χ3v) is 4.15. The van der Waals surface area contributed by atoms with Gasteiger partial charge < -0.3 is 5.32 Å². The van der Waals surface area contributed by atoms with Crippen molar-refractivity contribution in [2.24, 2.45) is 0 Å². The second-order valence-corrected chi connectivity index (χ2v) is 5.80. The van der Waals surface area contributed by atoms with Gasteiger partial charge in [0.05, 0.1) is 5.56 Å². The lowest BCUT2D eigenvalue weighted by atomic mass is 10.2. The SMILES string of the molecule is Cc1ccc(NC(=O)c2ccc(Cl)nc2Cl)cc1I. The average Bonchev–Trinajstić information content (AvgIpc) is 2.33. The van der Waals surface area contributed by atoms with Gasteiger partial charge in [-0.25, -0.2) is 4.98 Å². The zero-order chi connectivity index (χ0) is 14.0. The predicted molar refractivity (Wildman–Crippen MR) is 86.1 cm³/mol. The summed E-state index contributed by atoms with van der Waals surface area (Å²) in [5, 5.41) is 3.12. The summed E-state index contributed by atoms with van der Waals surface area (Å²) in [5.41, 5.74) is 2.16. The maximum Gasteiger partial charge on any atom is 0.258 e. The molecule has 1 aromatic heterocycles. The molecule has 1 heterocycles. The van der Waals surface area contributed by atoms with Crippen LogP contribution in [0.15, 0.2) is 30.3 Å². The van der Waals surface area contributed by atoms with E-state index in [0.29, 0.717) is 11.3 Å². The third-order valence-electron chi connectivity index (χ3n) is 2.49. The van der Waals surface area contributed by atoms with Crippen LogP contribution >= 0.6 is 45.8 Å². The van der Waals surface area contributed by atoms with Crippen LogP contribution in [0, 0.1) is 10.5 Å². The van der Waals surface area contributed by atoms with Crippen molar-refractivity contribution in [2.75, 3.05) is 5.32 Å². The van der Waals surface area contributed by atoms with E-state index in [1.165, 1.54) is 6.07 Å². The highest BCUT2D eigenvalue weighted by molar-refractivity contribution is 14.1. The highest BCUT2D eigenvalue weighted by Gasteiger charge is 2.12. The molecule has 0 saturated carbocycles. The summed E-state index contributed by atoms with van der Waals surface area (Å²) in [7, 11) is 0. The second-order valence-electron chi connectivity index (χ2n) is 3.89. The number of hydrogen-bond acceptors (Lipinski definition) is 2. The first kappa shape index (κ1) is 14.6. The second kappa shape index (κ2) is 6.07. The molecule has 0 bridgehead atoms. The lowest BCUT2D eigenvalue weighted by Gasteiger charge is -2.08. The summed E-state index contributed by atoms with van der Waals surface area (Å²) in [6.45, 7) is 2.01. The first-order valence-corrected chi connectivity index (χ1v) is 7.20. The molecule has 0 unspecified atom stereocenters. The lowest BCUT2D eigenvalue weighted by Crippen LogP contribution is -2.13. The summed E-state index contributed by atoms with van der Waals surface area (Å²) in [6, 6.07) is 8.75. The lowest BCUT2D eigenvalue weighted by molar-refractivity contribution is 0.102. The van der Waals surface area contributed by atoms with Gasteiger partial charge in [0.2, 0.25) is 0 Å². The van der Waals surface area contributed by atoms with Gasteiger partial charge in [0, 0.05) is 9.26 Å². The largest absolute Gasteiger partial charge is 0.322 e. The fourth-order valence-electron chi connectivity index (χ4n) is 1.45. The van der Waals surface area contributed by atoms with Crippen molar-refractivity contribution in [1.82, 2.24) is 4.98 Å². The molecule has 1 N–H and O–H groups in total. The molecule has 0 radical (unpaired) electrons. The fourth-order valence-corrected chi connectivity index (χ4v) is 2.40. The number of nitrogens with one attached hydrogen (secondary N) is 1. The van der Waals surface area contributed by atoms with Gasteiger partial charge in [-0.1, -0.05) is 29.3 Å². The highest BCUT2D eigenvalue weighted by Crippen LogP contribution is 2.20. The summed E-state index contributed by atoms with van der Waals surface area (Å²) in [4.78, 5) is 15.9. The van der Waals surface area contributed by atoms with Crippen LogP contribution < -0.4 is 5.32 Å². The Morgan fingerprint density at radius 3 is 2.63 bits per heavy atom. The van der Waals surface area contributed by atoms with Gasteiger partial charge in [-0.15, -0.1) is 0 Å². The number of aryl methyl sites for hydroxylation is 1. The maximum absolute atomic E-state index is 12.1. The van der Waals surface area contributed by atoms with E-state index < -0.39 is 0 Å². The number of aromatic nitrogens is 1. The molecule has 0 saturated heterocycles. The van der Waals surface area contributed by atoms with Crippen LogP contribution in [0.2, 0.25) is 10.3 Å². The van der Waals surface area contributed by atoms with E-state index in [1.807, 2.05) is 25.1 Å². The molecule has 2 aromatic rings. The Hall–Kier alpha value is -0.850. The zero-order valence-electron chi connectivity index (χ0n) is 9.88. The number of carbonyl (C=O) groups excluding carboxylic acids is 1. The Morgan fingerprint density at radius 2 is 2.00 bits per heavy atom. The molecule has 19 heavy (non-hydrogen) atoms. The molecule has 0 aliphatic rings. The van der Waals surface area contributed by atoms with E-state index in [-0.39, 0.29) is 16.2 Å². The molecular weight excluding hydrogens is 398 g/mol. The van der Waals surface area contributed by atoms with Crippen molar-refractivity contribution < 1.29 is 4.79 Å². The van der Waals surface area contributed by atoms with Gasteiger partial charge in [0.1, 0.15) is 10.3 Å². The van der Waals surface area contributed by atoms with Gasteiger partial charge in [-0.2, -0.15) is 0 Å². The average molecular weight is 407 g/mol. The zero-order valence-corrected chi connectivity index (χ0v) is 13.5. The number of halogens is 3. The highest BCUT2D eigenvalue weighted by atomic mass is 127. The van der Waals surface area contributed by atoms with Gasteiger partial charge in [-0.3, -0.25) is 4.79 Å². The van der Waals surface area contributed by atoms with Gasteiger partial charge >= 0.3 is 0 Å². The predicted octanol–water partition coefficient (Wildman–Crippen LogP) is 4.55. The minimum absolute atomic E-state index is 0.0896. The molecular formula is C13H9Cl2IN2O. The molecule has 1 aromatic carbocycles. The van der Waals surface area contributed by atoms with E-state index in [0.717, 1.165) is 9.13 Å². The quantitative estimate of drug-likeness (QED) is 0.587. The number of rotatable bonds is 2. The summed E-state index contributed by atoms with van der Waals surface area (Å²) in [6.07, 6.45) is 0. The smallest absolute Gasteiger partial charge is 0.258 e. The van der Waals surface area contributed by atoms with Crippen molar-refractivity contribution in [3.05, 3.63) is 55.3 Å². The molecule has 0 fully saturated rings. The van der Waals surface area contributed by atoms with Gasteiger partial charge in [0.25, 0.3) is 5.91 Å². The topological polar surface area (TPSA) is 42.0 Å². The summed E-state index contributed by atoms with van der Waals surface area (Å²) < 4.78 is 1.08. The van der Waals surface area contributed by atoms with Crippen molar-refractivity contribution in [2.45, 2.75) is 6.92 Å². The molecule has 0 spiro atoms. The first-order valence-electron chi connectivity index (χ1n) is 5.37. The number of carbonyl (C=O) groups is 1. The van der Waals surface area contributed by atoms with Crippen LogP contribution in [0.1, 0.15) is 15.9 Å². The van der Waals surface area contributed by atoms with Crippen LogP contribution in [0.4, 0.5) is 5.69 Å². The summed E-state index contributed by atoms with van der Waals surface area (Å²) >= 11 is 13.8. The van der Waals surface area contributed by atoms with Crippen LogP contribution in [-0.2, 0) is 0 Å². The van der Waals surface area contributed by atoms with Crippen molar-refractivity contribution >= 4 is 57.4 Å². The van der Waals surface area contributed by atoms with Crippen LogP contribution in [0.25, 0.3) is 0 Å². The van der Waals surface area contributed by atoms with Crippen molar-refractivity contribution in [3.63, 3.8) is 0 Å². The van der Waals surface area contributed by atoms with E-state index in [4.69, 9.17) is 23.2 Å². The Labute approximate surface area is 134 Å². The fraction of sp³-hybridized carbons (Fsp3) is 0.0769. The third kappa shape index (κ3) is 3.58. The Morgan fingerprint density at radius 1 is 1.26 bits per heavy atom. The van der Waals surface area contributed by atoms with Gasteiger partial charge in [0.15, 0.2) is 0 Å². The van der Waals surface area contributed by atoms with Crippen molar-refractivity contribution in [3.8, 4) is 0 Å². The molecule has 6 heteroatoms. The van der Waals surface area contributed by atoms with E-state index in [1.54, 1.807) is 6.07 Å². The number of benzene rings is 1. The van der Waals surface area contributed by atoms with E-state index in [9.17, 15) is 4.79 Å². The van der Waals surface area contributed by atoms with Crippen LogP contribution in [0.3, 0.4) is 0 Å². The Kier molecular flexibility index (Phi) is 4.65. The Balaban J connectivity index is 2.23. The van der Waals surface area contributed by atoms with Gasteiger partial charge in [-0.05, 0) is 59.3 Å². The number of hydrogen-bond donors (Lipinski definition) is 1. The summed E-state index contributed by atoms with van der Waals surface area (Å²) in [5.74, 6) is -0.311. The minimum atomic E-state index is -0.311. The number of amides is 1. The first-order chi connectivity index (χ1) is 8.97. The van der Waals surface area contributed by atoms with Crippen molar-refractivity contribution in [1.29, 1.82) is 0 Å². The molecule has 0 atom stereocenters. The number of nitrogens with zero attached hydrogens (tertiary/aromatic N) is 1. The Bertz CT molecular complexity index is 647. The maximum atomic E-state index is 12.1. The van der Waals surface area contributed by atoms with Crippen LogP contribution in [-0.4, -0.2) is 10.9 Å². The molecule has 98 valence electrons. The standard InChI is InChI=1S/C13H9Cl2IN2O/c1-7-2-3-8(6-10(7)16)17-13(19)9-4-5-11(14)18-12(9)15/h2-6H,1H3,(H,17,19). The normalized spacial score (nSPS) is 10.3. The molecule has 0 aliphatic heterocycles. The number of pyridine rings is 1. The number of anilines is 1. The molecule has 0 aliphatic carbocycles. The monoisotopic (exact) mass is 406 g/mol.